The molecule has 1 aromatic heterocycles. The smallest absolute Gasteiger partial charge is 0.246 e. The predicted molar refractivity (Wildman–Crippen MR) is 74.0 cm³/mol. The first-order valence-electron chi connectivity index (χ1n) is 6.83. The molecule has 0 saturated carbocycles. The summed E-state index contributed by atoms with van der Waals surface area (Å²) in [7, 11) is 6.22. The van der Waals surface area contributed by atoms with Gasteiger partial charge in [-0.3, -0.25) is 0 Å². The molecule has 0 spiro atoms. The number of rotatable bonds is 4. The first kappa shape index (κ1) is 14.4. The van der Waals surface area contributed by atoms with Crippen molar-refractivity contribution in [1.82, 2.24) is 25.3 Å². The lowest BCUT2D eigenvalue weighted by Crippen LogP contribution is -2.50. The fraction of sp³-hybridized carbons (Fsp3) is 0.846. The minimum Gasteiger partial charge on any atom is -0.337 e. The van der Waals surface area contributed by atoms with E-state index >= 15 is 0 Å². The summed E-state index contributed by atoms with van der Waals surface area (Å²) >= 11 is 0. The van der Waals surface area contributed by atoms with Gasteiger partial charge in [-0.2, -0.15) is 4.98 Å². The van der Waals surface area contributed by atoms with Crippen LogP contribution in [0, 0.1) is 0 Å². The van der Waals surface area contributed by atoms with E-state index in [2.05, 4.69) is 39.4 Å². The van der Waals surface area contributed by atoms with Gasteiger partial charge in [-0.25, -0.2) is 0 Å². The molecule has 1 aromatic rings. The Balaban J connectivity index is 2.03. The lowest BCUT2D eigenvalue weighted by atomic mass is 10.1. The zero-order valence-electron chi connectivity index (χ0n) is 12.6. The minimum absolute atomic E-state index is 0.277. The van der Waals surface area contributed by atoms with E-state index < -0.39 is 0 Å². The molecule has 0 radical (unpaired) electrons. The van der Waals surface area contributed by atoms with Crippen LogP contribution in [0.2, 0.25) is 0 Å². The number of aromatic nitrogens is 2. The summed E-state index contributed by atoms with van der Waals surface area (Å²) in [5, 5.41) is 7.29. The topological polar surface area (TPSA) is 57.4 Å². The first-order chi connectivity index (χ1) is 8.92. The van der Waals surface area contributed by atoms with Crippen molar-refractivity contribution in [2.45, 2.75) is 31.8 Å². The molecular formula is C13H25N5O. The van der Waals surface area contributed by atoms with Crippen molar-refractivity contribution in [1.29, 1.82) is 0 Å². The third-order valence-corrected chi connectivity index (χ3v) is 4.03. The quantitative estimate of drug-likeness (QED) is 0.847. The van der Waals surface area contributed by atoms with Crippen molar-refractivity contribution in [3.8, 4) is 0 Å². The number of piperazine rings is 1. The standard InChI is InChI=1S/C13H25N5O/c1-13(2,14-3)12-15-11(16-19-12)8-10-9-17(4)6-7-18(10)5/h10,14H,6-9H2,1-5H3. The maximum absolute atomic E-state index is 5.37. The van der Waals surface area contributed by atoms with Crippen LogP contribution in [-0.4, -0.2) is 66.8 Å². The second-order valence-electron chi connectivity index (χ2n) is 5.99. The maximum atomic E-state index is 5.37. The van der Waals surface area contributed by atoms with Crippen LogP contribution in [0.4, 0.5) is 0 Å². The monoisotopic (exact) mass is 267 g/mol. The van der Waals surface area contributed by atoms with Crippen molar-refractivity contribution < 1.29 is 4.52 Å². The van der Waals surface area contributed by atoms with Crippen molar-refractivity contribution in [3.05, 3.63) is 11.7 Å². The van der Waals surface area contributed by atoms with Crippen LogP contribution in [0.1, 0.15) is 25.6 Å². The van der Waals surface area contributed by atoms with Crippen LogP contribution in [0.25, 0.3) is 0 Å². The Labute approximate surface area is 115 Å². The Hall–Kier alpha value is -0.980. The van der Waals surface area contributed by atoms with Crippen molar-refractivity contribution >= 4 is 0 Å². The van der Waals surface area contributed by atoms with E-state index in [0.717, 1.165) is 31.9 Å². The molecule has 1 aliphatic rings. The van der Waals surface area contributed by atoms with E-state index in [1.54, 1.807) is 0 Å². The van der Waals surface area contributed by atoms with Crippen LogP contribution in [0.3, 0.4) is 0 Å². The summed E-state index contributed by atoms with van der Waals surface area (Å²) < 4.78 is 5.37. The molecule has 0 aliphatic carbocycles. The van der Waals surface area contributed by atoms with E-state index in [4.69, 9.17) is 4.52 Å². The lowest BCUT2D eigenvalue weighted by Gasteiger charge is -2.37. The van der Waals surface area contributed by atoms with Gasteiger partial charge in [-0.05, 0) is 35.0 Å². The molecule has 0 aromatic carbocycles. The number of nitrogens with zero attached hydrogens (tertiary/aromatic N) is 4. The third kappa shape index (κ3) is 3.32. The van der Waals surface area contributed by atoms with E-state index in [1.165, 1.54) is 0 Å². The first-order valence-corrected chi connectivity index (χ1v) is 6.83. The highest BCUT2D eigenvalue weighted by molar-refractivity contribution is 5.00. The van der Waals surface area contributed by atoms with Gasteiger partial charge in [0.2, 0.25) is 5.89 Å². The normalized spacial score (nSPS) is 22.9. The molecule has 1 unspecified atom stereocenters. The molecule has 1 N–H and O–H groups in total. The van der Waals surface area contributed by atoms with Crippen LogP contribution >= 0.6 is 0 Å². The average molecular weight is 267 g/mol. The van der Waals surface area contributed by atoms with Gasteiger partial charge in [0.1, 0.15) is 0 Å². The molecule has 6 nitrogen and oxygen atoms in total. The van der Waals surface area contributed by atoms with Crippen LogP contribution in [0.5, 0.6) is 0 Å². The molecule has 2 heterocycles. The number of likely N-dealkylation sites (N-methyl/N-ethyl adjacent to an activating group) is 2. The van der Waals surface area contributed by atoms with Crippen LogP contribution in [0.15, 0.2) is 4.52 Å². The van der Waals surface area contributed by atoms with E-state index in [9.17, 15) is 0 Å². The zero-order valence-corrected chi connectivity index (χ0v) is 12.6. The Kier molecular flexibility index (Phi) is 4.23. The molecule has 1 saturated heterocycles. The van der Waals surface area contributed by atoms with E-state index in [0.29, 0.717) is 11.9 Å². The molecular weight excluding hydrogens is 242 g/mol. The molecule has 1 aliphatic heterocycles. The fourth-order valence-electron chi connectivity index (χ4n) is 2.23. The number of hydrogen-bond acceptors (Lipinski definition) is 6. The molecule has 108 valence electrons. The highest BCUT2D eigenvalue weighted by Crippen LogP contribution is 2.18. The van der Waals surface area contributed by atoms with Crippen molar-refractivity contribution in [2.75, 3.05) is 40.8 Å². The minimum atomic E-state index is -0.277. The molecule has 6 heteroatoms. The summed E-state index contributed by atoms with van der Waals surface area (Å²) in [6, 6.07) is 0.460. The summed E-state index contributed by atoms with van der Waals surface area (Å²) in [5.74, 6) is 1.45. The number of nitrogens with one attached hydrogen (secondary N) is 1. The Morgan fingerprint density at radius 1 is 1.37 bits per heavy atom. The largest absolute Gasteiger partial charge is 0.337 e. The van der Waals surface area contributed by atoms with Gasteiger partial charge in [0.15, 0.2) is 5.82 Å². The molecule has 1 fully saturated rings. The Morgan fingerprint density at radius 2 is 2.11 bits per heavy atom. The molecule has 0 amide bonds. The SMILES string of the molecule is CNC(C)(C)c1nc(CC2CN(C)CCN2C)no1. The van der Waals surface area contributed by atoms with Crippen molar-refractivity contribution in [2.24, 2.45) is 0 Å². The van der Waals surface area contributed by atoms with E-state index in [-0.39, 0.29) is 5.54 Å². The highest BCUT2D eigenvalue weighted by Gasteiger charge is 2.28. The average Bonchev–Trinajstić information content (AvgIpc) is 2.83. The molecule has 2 rings (SSSR count). The van der Waals surface area contributed by atoms with Gasteiger partial charge in [-0.1, -0.05) is 5.16 Å². The summed E-state index contributed by atoms with van der Waals surface area (Å²) in [5.41, 5.74) is -0.277. The lowest BCUT2D eigenvalue weighted by molar-refractivity contribution is 0.113. The third-order valence-electron chi connectivity index (χ3n) is 4.03. The predicted octanol–water partition coefficient (Wildman–Crippen LogP) is 0.312. The van der Waals surface area contributed by atoms with Gasteiger partial charge in [-0.15, -0.1) is 0 Å². The molecule has 0 bridgehead atoms. The molecule has 19 heavy (non-hydrogen) atoms. The zero-order chi connectivity index (χ0) is 14.0. The maximum Gasteiger partial charge on any atom is 0.246 e. The Bertz CT molecular complexity index is 417. The summed E-state index contributed by atoms with van der Waals surface area (Å²) in [6.45, 7) is 7.33. The van der Waals surface area contributed by atoms with Gasteiger partial charge < -0.3 is 19.6 Å². The van der Waals surface area contributed by atoms with Crippen LogP contribution in [-0.2, 0) is 12.0 Å². The van der Waals surface area contributed by atoms with Crippen LogP contribution < -0.4 is 5.32 Å². The number of hydrogen-bond donors (Lipinski definition) is 1. The van der Waals surface area contributed by atoms with Crippen molar-refractivity contribution in [3.63, 3.8) is 0 Å². The second-order valence-corrected chi connectivity index (χ2v) is 5.99. The highest BCUT2D eigenvalue weighted by atomic mass is 16.5. The second kappa shape index (κ2) is 5.56. The van der Waals surface area contributed by atoms with Gasteiger partial charge in [0.05, 0.1) is 5.54 Å². The van der Waals surface area contributed by atoms with E-state index in [1.807, 2.05) is 20.9 Å². The van der Waals surface area contributed by atoms with Gasteiger partial charge in [0.25, 0.3) is 0 Å². The molecule has 1 atom stereocenters. The van der Waals surface area contributed by atoms with Gasteiger partial charge >= 0.3 is 0 Å². The van der Waals surface area contributed by atoms with Gasteiger partial charge in [0, 0.05) is 32.1 Å². The fourth-order valence-corrected chi connectivity index (χ4v) is 2.23. The summed E-state index contributed by atoms with van der Waals surface area (Å²) in [6.07, 6.45) is 0.837. The summed E-state index contributed by atoms with van der Waals surface area (Å²) in [4.78, 5) is 9.25. The Morgan fingerprint density at radius 3 is 2.79 bits per heavy atom.